The molecule has 7 heteroatoms. The highest BCUT2D eigenvalue weighted by Crippen LogP contribution is 2.26. The highest BCUT2D eigenvalue weighted by molar-refractivity contribution is 6.01. The van der Waals surface area contributed by atoms with Gasteiger partial charge < -0.3 is 25.2 Å². The zero-order chi connectivity index (χ0) is 21.7. The number of anilines is 2. The van der Waals surface area contributed by atoms with Gasteiger partial charge in [-0.1, -0.05) is 0 Å². The van der Waals surface area contributed by atoms with Crippen molar-refractivity contribution in [1.82, 2.24) is 9.80 Å². The fraction of sp³-hybridized carbons (Fsp3) is 0.391. The summed E-state index contributed by atoms with van der Waals surface area (Å²) in [5.41, 5.74) is 8.68. The van der Waals surface area contributed by atoms with E-state index in [0.717, 1.165) is 11.4 Å². The lowest BCUT2D eigenvalue weighted by Crippen LogP contribution is -2.49. The number of piperazine rings is 1. The van der Waals surface area contributed by atoms with E-state index in [-0.39, 0.29) is 11.8 Å². The second-order valence-corrected chi connectivity index (χ2v) is 7.26. The molecular formula is C23H30N4O3. The quantitative estimate of drug-likeness (QED) is 0.741. The molecule has 3 rings (SSSR count). The van der Waals surface area contributed by atoms with Crippen LogP contribution in [0.5, 0.6) is 5.75 Å². The zero-order valence-electron chi connectivity index (χ0n) is 17.9. The monoisotopic (exact) mass is 410 g/mol. The van der Waals surface area contributed by atoms with Crippen LogP contribution >= 0.6 is 0 Å². The number of hydrogen-bond acceptors (Lipinski definition) is 5. The molecule has 7 nitrogen and oxygen atoms in total. The first-order chi connectivity index (χ1) is 14.5. The first kappa shape index (κ1) is 21.5. The van der Waals surface area contributed by atoms with E-state index in [1.54, 1.807) is 42.3 Å². The molecule has 2 aromatic carbocycles. The number of carbonyl (C=O) groups excluding carboxylic acids is 2. The van der Waals surface area contributed by atoms with Crippen molar-refractivity contribution in [2.45, 2.75) is 13.8 Å². The number of nitrogens with two attached hydrogens (primary N) is 1. The number of methoxy groups -OCH3 is 1. The van der Waals surface area contributed by atoms with Gasteiger partial charge in [-0.05, 0) is 56.3 Å². The Kier molecular flexibility index (Phi) is 6.82. The zero-order valence-corrected chi connectivity index (χ0v) is 17.9. The second-order valence-electron chi connectivity index (χ2n) is 7.26. The third kappa shape index (κ3) is 4.50. The summed E-state index contributed by atoms with van der Waals surface area (Å²) in [6.45, 7) is 7.73. The standard InChI is InChI=1S/C23H30N4O3/c1-4-25(5-2)23(29)20-16-18(24)8-11-21(20)26-12-14-27(15-13-26)22(28)17-6-9-19(30-3)10-7-17/h6-11,16H,4-5,12-15,24H2,1-3H3. The minimum Gasteiger partial charge on any atom is -0.497 e. The minimum atomic E-state index is -0.0148. The maximum absolute atomic E-state index is 13.0. The van der Waals surface area contributed by atoms with Gasteiger partial charge in [-0.3, -0.25) is 9.59 Å². The Morgan fingerprint density at radius 2 is 1.63 bits per heavy atom. The molecule has 0 unspecified atom stereocenters. The molecule has 0 bridgehead atoms. The summed E-state index contributed by atoms with van der Waals surface area (Å²) in [6.07, 6.45) is 0. The van der Waals surface area contributed by atoms with Gasteiger partial charge in [-0.2, -0.15) is 0 Å². The average molecular weight is 411 g/mol. The first-order valence-corrected chi connectivity index (χ1v) is 10.4. The molecule has 1 aliphatic heterocycles. The van der Waals surface area contributed by atoms with Gasteiger partial charge in [0.25, 0.3) is 11.8 Å². The number of carbonyl (C=O) groups is 2. The Labute approximate surface area is 178 Å². The molecule has 0 saturated carbocycles. The molecule has 1 saturated heterocycles. The van der Waals surface area contributed by atoms with E-state index >= 15 is 0 Å². The molecule has 0 aromatic heterocycles. The highest BCUT2D eigenvalue weighted by Gasteiger charge is 2.26. The van der Waals surface area contributed by atoms with Crippen LogP contribution < -0.4 is 15.4 Å². The van der Waals surface area contributed by atoms with Crippen LogP contribution in [0.2, 0.25) is 0 Å². The lowest BCUT2D eigenvalue weighted by Gasteiger charge is -2.37. The van der Waals surface area contributed by atoms with Crippen molar-refractivity contribution in [3.63, 3.8) is 0 Å². The minimum absolute atomic E-state index is 0.00838. The molecule has 1 fully saturated rings. The van der Waals surface area contributed by atoms with Crippen molar-refractivity contribution in [2.75, 3.05) is 57.0 Å². The molecule has 160 valence electrons. The number of hydrogen-bond donors (Lipinski definition) is 1. The second kappa shape index (κ2) is 9.52. The van der Waals surface area contributed by atoms with Crippen molar-refractivity contribution in [2.24, 2.45) is 0 Å². The fourth-order valence-corrected chi connectivity index (χ4v) is 3.75. The topological polar surface area (TPSA) is 79.1 Å². The maximum atomic E-state index is 13.0. The summed E-state index contributed by atoms with van der Waals surface area (Å²) in [6, 6.07) is 12.6. The summed E-state index contributed by atoms with van der Waals surface area (Å²) in [4.78, 5) is 31.6. The van der Waals surface area contributed by atoms with Crippen LogP contribution in [0.25, 0.3) is 0 Å². The summed E-state index contributed by atoms with van der Waals surface area (Å²) in [5, 5.41) is 0. The number of benzene rings is 2. The summed E-state index contributed by atoms with van der Waals surface area (Å²) < 4.78 is 5.16. The van der Waals surface area contributed by atoms with E-state index in [0.29, 0.717) is 56.1 Å². The van der Waals surface area contributed by atoms with Gasteiger partial charge in [0, 0.05) is 56.2 Å². The summed E-state index contributed by atoms with van der Waals surface area (Å²) in [7, 11) is 1.60. The Morgan fingerprint density at radius 3 is 2.20 bits per heavy atom. The SMILES string of the molecule is CCN(CC)C(=O)c1cc(N)ccc1N1CCN(C(=O)c2ccc(OC)cc2)CC1. The van der Waals surface area contributed by atoms with E-state index in [1.807, 2.05) is 30.9 Å². The van der Waals surface area contributed by atoms with Crippen LogP contribution in [0.3, 0.4) is 0 Å². The lowest BCUT2D eigenvalue weighted by atomic mass is 10.1. The van der Waals surface area contributed by atoms with Gasteiger partial charge in [-0.15, -0.1) is 0 Å². The van der Waals surface area contributed by atoms with Gasteiger partial charge in [0.15, 0.2) is 0 Å². The Balaban J connectivity index is 1.73. The lowest BCUT2D eigenvalue weighted by molar-refractivity contribution is 0.0740. The van der Waals surface area contributed by atoms with Crippen LogP contribution in [0.4, 0.5) is 11.4 Å². The van der Waals surface area contributed by atoms with Crippen molar-refractivity contribution in [3.05, 3.63) is 53.6 Å². The van der Waals surface area contributed by atoms with Gasteiger partial charge in [-0.25, -0.2) is 0 Å². The van der Waals surface area contributed by atoms with Gasteiger partial charge in [0.1, 0.15) is 5.75 Å². The van der Waals surface area contributed by atoms with Crippen LogP contribution in [0, 0.1) is 0 Å². The molecule has 2 amide bonds. The Hall–Kier alpha value is -3.22. The number of ether oxygens (including phenoxy) is 1. The summed E-state index contributed by atoms with van der Waals surface area (Å²) >= 11 is 0. The predicted molar refractivity (Wildman–Crippen MR) is 119 cm³/mol. The first-order valence-electron chi connectivity index (χ1n) is 10.4. The Morgan fingerprint density at radius 1 is 1.00 bits per heavy atom. The normalized spacial score (nSPS) is 13.8. The van der Waals surface area contributed by atoms with Gasteiger partial charge in [0.05, 0.1) is 12.7 Å². The van der Waals surface area contributed by atoms with E-state index in [9.17, 15) is 9.59 Å². The van der Waals surface area contributed by atoms with Crippen molar-refractivity contribution in [3.8, 4) is 5.75 Å². The average Bonchev–Trinajstić information content (AvgIpc) is 2.79. The smallest absolute Gasteiger partial charge is 0.256 e. The molecule has 0 spiro atoms. The van der Waals surface area contributed by atoms with E-state index in [4.69, 9.17) is 10.5 Å². The van der Waals surface area contributed by atoms with Crippen LogP contribution in [0.15, 0.2) is 42.5 Å². The molecule has 0 atom stereocenters. The third-order valence-corrected chi connectivity index (χ3v) is 5.55. The number of rotatable bonds is 6. The summed E-state index contributed by atoms with van der Waals surface area (Å²) in [5.74, 6) is 0.721. The highest BCUT2D eigenvalue weighted by atomic mass is 16.5. The van der Waals surface area contributed by atoms with E-state index in [1.165, 1.54) is 0 Å². The van der Waals surface area contributed by atoms with E-state index < -0.39 is 0 Å². The maximum Gasteiger partial charge on any atom is 0.256 e. The Bertz CT molecular complexity index is 886. The molecule has 0 aliphatic carbocycles. The number of nitrogen functional groups attached to an aromatic ring is 1. The third-order valence-electron chi connectivity index (χ3n) is 5.55. The predicted octanol–water partition coefficient (Wildman–Crippen LogP) is 2.72. The molecule has 0 radical (unpaired) electrons. The van der Waals surface area contributed by atoms with Gasteiger partial charge in [0.2, 0.25) is 0 Å². The van der Waals surface area contributed by atoms with E-state index in [2.05, 4.69) is 4.90 Å². The van der Waals surface area contributed by atoms with Crippen molar-refractivity contribution < 1.29 is 14.3 Å². The number of nitrogens with zero attached hydrogens (tertiary/aromatic N) is 3. The molecule has 30 heavy (non-hydrogen) atoms. The van der Waals surface area contributed by atoms with Crippen molar-refractivity contribution in [1.29, 1.82) is 0 Å². The molecule has 1 heterocycles. The van der Waals surface area contributed by atoms with Gasteiger partial charge >= 0.3 is 0 Å². The molecule has 1 aliphatic rings. The number of amides is 2. The molecular weight excluding hydrogens is 380 g/mol. The van der Waals surface area contributed by atoms with Crippen LogP contribution in [-0.2, 0) is 0 Å². The molecule has 2 aromatic rings. The van der Waals surface area contributed by atoms with Crippen LogP contribution in [0.1, 0.15) is 34.6 Å². The fourth-order valence-electron chi connectivity index (χ4n) is 3.75. The largest absolute Gasteiger partial charge is 0.497 e. The van der Waals surface area contributed by atoms with Crippen molar-refractivity contribution >= 4 is 23.2 Å². The molecule has 2 N–H and O–H groups in total. The van der Waals surface area contributed by atoms with Crippen LogP contribution in [-0.4, -0.2) is 68.0 Å².